The number of benzene rings is 2. The predicted molar refractivity (Wildman–Crippen MR) is 84.0 cm³/mol. The van der Waals surface area contributed by atoms with Crippen LogP contribution in [-0.4, -0.2) is 10.9 Å². The number of carbonyl (C=O) groups excluding carboxylic acids is 1. The van der Waals surface area contributed by atoms with Crippen molar-refractivity contribution in [1.29, 1.82) is 0 Å². The number of hydrogen-bond donors (Lipinski definition) is 1. The Bertz CT molecular complexity index is 708. The Kier molecular flexibility index (Phi) is 5.55. The van der Waals surface area contributed by atoms with Crippen LogP contribution in [0.1, 0.15) is 28.4 Å². The van der Waals surface area contributed by atoms with Crippen molar-refractivity contribution in [3.05, 3.63) is 65.2 Å². The summed E-state index contributed by atoms with van der Waals surface area (Å²) in [5, 5.41) is 0. The molecule has 0 bridgehead atoms. The molecular formula is C16H17O6P. The zero-order chi connectivity index (χ0) is 16.9. The third-order valence-electron chi connectivity index (χ3n) is 3.05. The van der Waals surface area contributed by atoms with Gasteiger partial charge < -0.3 is 4.52 Å². The van der Waals surface area contributed by atoms with E-state index in [0.29, 0.717) is 0 Å². The number of carbonyl (C=O) groups is 1. The number of hydrogen-bond acceptors (Lipinski definition) is 5. The van der Waals surface area contributed by atoms with Gasteiger partial charge >= 0.3 is 13.8 Å². The fourth-order valence-corrected chi connectivity index (χ4v) is 2.33. The maximum absolute atomic E-state index is 11.8. The second-order valence-electron chi connectivity index (χ2n) is 4.87. The Hall–Kier alpha value is -2.14. The number of aryl methyl sites for hydroxylation is 2. The lowest BCUT2D eigenvalue weighted by Gasteiger charge is -2.11. The van der Waals surface area contributed by atoms with Crippen LogP contribution in [0.25, 0.3) is 0 Å². The highest BCUT2D eigenvalue weighted by Gasteiger charge is 2.27. The average molecular weight is 336 g/mol. The van der Waals surface area contributed by atoms with Gasteiger partial charge in [-0.15, -0.1) is 0 Å². The second-order valence-corrected chi connectivity index (χ2v) is 6.14. The molecule has 6 nitrogen and oxygen atoms in total. The first-order valence-electron chi connectivity index (χ1n) is 6.98. The molecule has 0 radical (unpaired) electrons. The normalized spacial score (nSPS) is 13.2. The van der Waals surface area contributed by atoms with Crippen LogP contribution >= 0.6 is 7.82 Å². The Morgan fingerprint density at radius 2 is 1.70 bits per heavy atom. The monoisotopic (exact) mass is 336 g/mol. The summed E-state index contributed by atoms with van der Waals surface area (Å²) in [6.07, 6.45) is 0.835. The van der Waals surface area contributed by atoms with Crippen LogP contribution in [-0.2, 0) is 20.5 Å². The molecule has 7 heteroatoms. The van der Waals surface area contributed by atoms with E-state index < -0.39 is 13.8 Å². The molecule has 0 aliphatic heterocycles. The molecule has 0 saturated heterocycles. The SMILES string of the molecule is CCc1ccc(C(=O)OOP(=O)(O)Oc2ccc(C)cc2)cc1. The summed E-state index contributed by atoms with van der Waals surface area (Å²) in [7, 11) is -4.56. The van der Waals surface area contributed by atoms with Gasteiger partial charge in [-0.1, -0.05) is 41.4 Å². The predicted octanol–water partition coefficient (Wildman–Crippen LogP) is 3.83. The van der Waals surface area contributed by atoms with Crippen LogP contribution in [0.15, 0.2) is 48.5 Å². The van der Waals surface area contributed by atoms with Gasteiger partial charge in [0.15, 0.2) is 0 Å². The number of phosphoric ester groups is 1. The average Bonchev–Trinajstić information content (AvgIpc) is 2.55. The smallest absolute Gasteiger partial charge is 0.402 e. The van der Waals surface area contributed by atoms with Crippen LogP contribution in [0.5, 0.6) is 5.75 Å². The van der Waals surface area contributed by atoms with Crippen molar-refractivity contribution >= 4 is 13.8 Å². The van der Waals surface area contributed by atoms with Crippen molar-refractivity contribution in [2.45, 2.75) is 20.3 Å². The fraction of sp³-hybridized carbons (Fsp3) is 0.188. The van der Waals surface area contributed by atoms with Crippen LogP contribution in [0.2, 0.25) is 0 Å². The molecule has 0 saturated carbocycles. The molecule has 0 spiro atoms. The Balaban J connectivity index is 1.93. The highest BCUT2D eigenvalue weighted by molar-refractivity contribution is 7.47. The van der Waals surface area contributed by atoms with Crippen molar-refractivity contribution in [3.63, 3.8) is 0 Å². The first-order chi connectivity index (χ1) is 10.9. The molecule has 0 aliphatic carbocycles. The molecule has 0 aliphatic rings. The van der Waals surface area contributed by atoms with E-state index in [2.05, 4.69) is 9.56 Å². The van der Waals surface area contributed by atoms with Gasteiger partial charge in [-0.3, -0.25) is 9.78 Å². The zero-order valence-electron chi connectivity index (χ0n) is 12.8. The molecule has 0 aromatic heterocycles. The molecule has 0 amide bonds. The van der Waals surface area contributed by atoms with Crippen LogP contribution < -0.4 is 4.52 Å². The van der Waals surface area contributed by atoms with E-state index >= 15 is 0 Å². The minimum atomic E-state index is -4.56. The maximum Gasteiger partial charge on any atom is 0.564 e. The third kappa shape index (κ3) is 5.21. The van der Waals surface area contributed by atoms with E-state index in [9.17, 15) is 14.3 Å². The molecule has 2 rings (SSSR count). The lowest BCUT2D eigenvalue weighted by molar-refractivity contribution is -0.165. The number of phosphoric acid groups is 1. The summed E-state index contributed by atoms with van der Waals surface area (Å²) in [5.41, 5.74) is 2.23. The highest BCUT2D eigenvalue weighted by atomic mass is 31.2. The van der Waals surface area contributed by atoms with Crippen molar-refractivity contribution in [3.8, 4) is 5.75 Å². The molecule has 1 unspecified atom stereocenters. The summed E-state index contributed by atoms with van der Waals surface area (Å²) in [6, 6.07) is 13.0. The molecule has 23 heavy (non-hydrogen) atoms. The fourth-order valence-electron chi connectivity index (χ4n) is 1.75. The summed E-state index contributed by atoms with van der Waals surface area (Å²) >= 11 is 0. The highest BCUT2D eigenvalue weighted by Crippen LogP contribution is 2.44. The standard InChI is InChI=1S/C16H17O6P/c1-3-13-6-8-14(9-7-13)16(17)20-22-23(18,19)21-15-10-4-12(2)5-11-15/h4-11H,3H2,1-2H3,(H,18,19). The summed E-state index contributed by atoms with van der Waals surface area (Å²) in [5.74, 6) is -0.751. The molecule has 0 heterocycles. The molecule has 2 aromatic rings. The van der Waals surface area contributed by atoms with Crippen molar-refractivity contribution < 1.29 is 28.3 Å². The minimum absolute atomic E-state index is 0.129. The van der Waals surface area contributed by atoms with E-state index in [-0.39, 0.29) is 11.3 Å². The second kappa shape index (κ2) is 7.42. The van der Waals surface area contributed by atoms with Gasteiger partial charge in [0, 0.05) is 0 Å². The largest absolute Gasteiger partial charge is 0.564 e. The zero-order valence-corrected chi connectivity index (χ0v) is 13.7. The van der Waals surface area contributed by atoms with Crippen molar-refractivity contribution in [2.75, 3.05) is 0 Å². The summed E-state index contributed by atoms with van der Waals surface area (Å²) in [4.78, 5) is 25.7. The van der Waals surface area contributed by atoms with Gasteiger partial charge in [0.1, 0.15) is 5.75 Å². The lowest BCUT2D eigenvalue weighted by atomic mass is 10.1. The molecule has 2 aromatic carbocycles. The van der Waals surface area contributed by atoms with E-state index in [1.54, 1.807) is 36.4 Å². The van der Waals surface area contributed by atoms with E-state index in [1.807, 2.05) is 13.8 Å². The first-order valence-corrected chi connectivity index (χ1v) is 8.48. The van der Waals surface area contributed by atoms with Crippen molar-refractivity contribution in [1.82, 2.24) is 0 Å². The van der Waals surface area contributed by atoms with Gasteiger partial charge in [-0.25, -0.2) is 9.36 Å². The van der Waals surface area contributed by atoms with E-state index in [1.165, 1.54) is 12.1 Å². The van der Waals surface area contributed by atoms with E-state index in [4.69, 9.17) is 4.52 Å². The van der Waals surface area contributed by atoms with Gasteiger partial charge in [-0.05, 0) is 43.2 Å². The summed E-state index contributed by atoms with van der Waals surface area (Å²) in [6.45, 7) is 3.85. The van der Waals surface area contributed by atoms with Crippen LogP contribution in [0.3, 0.4) is 0 Å². The number of rotatable bonds is 6. The lowest BCUT2D eigenvalue weighted by Crippen LogP contribution is -2.07. The quantitative estimate of drug-likeness (QED) is 0.490. The molecular weight excluding hydrogens is 319 g/mol. The maximum atomic E-state index is 11.8. The van der Waals surface area contributed by atoms with Crippen LogP contribution in [0, 0.1) is 6.92 Å². The first kappa shape index (κ1) is 17.2. The Labute approximate surface area is 134 Å². The molecule has 0 fully saturated rings. The summed E-state index contributed by atoms with van der Waals surface area (Å²) < 4.78 is 20.8. The van der Waals surface area contributed by atoms with Crippen molar-refractivity contribution in [2.24, 2.45) is 0 Å². The third-order valence-corrected chi connectivity index (χ3v) is 3.75. The van der Waals surface area contributed by atoms with E-state index in [0.717, 1.165) is 17.5 Å². The molecule has 122 valence electrons. The minimum Gasteiger partial charge on any atom is -0.402 e. The van der Waals surface area contributed by atoms with Gasteiger partial charge in [0.25, 0.3) is 0 Å². The molecule has 1 atom stereocenters. The Morgan fingerprint density at radius 3 is 2.26 bits per heavy atom. The Morgan fingerprint density at radius 1 is 1.09 bits per heavy atom. The van der Waals surface area contributed by atoms with Gasteiger partial charge in [0.2, 0.25) is 0 Å². The van der Waals surface area contributed by atoms with Gasteiger partial charge in [0.05, 0.1) is 5.56 Å². The van der Waals surface area contributed by atoms with Crippen LogP contribution in [0.4, 0.5) is 0 Å². The van der Waals surface area contributed by atoms with Gasteiger partial charge in [-0.2, -0.15) is 0 Å². The molecule has 1 N–H and O–H groups in total. The topological polar surface area (TPSA) is 82.1 Å².